The molecule has 0 bridgehead atoms. The van der Waals surface area contributed by atoms with E-state index >= 15 is 0 Å². The first-order chi connectivity index (χ1) is 15.9. The predicted molar refractivity (Wildman–Crippen MR) is 131 cm³/mol. The summed E-state index contributed by atoms with van der Waals surface area (Å²) >= 11 is 6.23. The number of benzene rings is 3. The van der Waals surface area contributed by atoms with Gasteiger partial charge in [0.2, 0.25) is 5.43 Å². The molecule has 4 rings (SSSR count). The van der Waals surface area contributed by atoms with Crippen LogP contribution < -0.4 is 15.5 Å². The highest BCUT2D eigenvalue weighted by atomic mass is 35.5. The molecule has 1 amide bonds. The topological polar surface area (TPSA) is 73.2 Å². The molecule has 0 aliphatic heterocycles. The monoisotopic (exact) mass is 459 g/mol. The van der Waals surface area contributed by atoms with Crippen LogP contribution >= 0.6 is 11.6 Å². The van der Waals surface area contributed by atoms with Crippen molar-refractivity contribution in [3.63, 3.8) is 0 Å². The number of anilines is 1. The Morgan fingerprint density at radius 3 is 2.39 bits per heavy atom. The van der Waals surface area contributed by atoms with E-state index in [1.54, 1.807) is 73.3 Å². The van der Waals surface area contributed by atoms with E-state index in [0.29, 0.717) is 33.1 Å². The molecule has 7 heteroatoms. The summed E-state index contributed by atoms with van der Waals surface area (Å²) in [5.74, 6) is 0.570. The molecule has 1 N–H and O–H groups in total. The minimum absolute atomic E-state index is 0.256. The van der Waals surface area contributed by atoms with Crippen molar-refractivity contribution in [3.8, 4) is 22.6 Å². The summed E-state index contributed by atoms with van der Waals surface area (Å²) in [5, 5.41) is 7.92. The SMILES string of the molecule is COc1ccc(-c2c(NC(=O)c3ccccc3C)n(-c3cccc(Cl)c3)nc(C)c2=O)cc1. The van der Waals surface area contributed by atoms with Gasteiger partial charge in [-0.3, -0.25) is 9.59 Å². The van der Waals surface area contributed by atoms with Crippen LogP contribution in [0.5, 0.6) is 5.75 Å². The van der Waals surface area contributed by atoms with E-state index in [1.165, 1.54) is 0 Å². The molecule has 0 unspecified atom stereocenters. The van der Waals surface area contributed by atoms with Crippen LogP contribution in [0, 0.1) is 13.8 Å². The van der Waals surface area contributed by atoms with Crippen LogP contribution in [0.1, 0.15) is 21.6 Å². The van der Waals surface area contributed by atoms with Crippen molar-refractivity contribution in [1.82, 2.24) is 9.78 Å². The lowest BCUT2D eigenvalue weighted by molar-refractivity contribution is 0.102. The highest BCUT2D eigenvalue weighted by Crippen LogP contribution is 2.29. The fourth-order valence-electron chi connectivity index (χ4n) is 3.58. The summed E-state index contributed by atoms with van der Waals surface area (Å²) in [6, 6.07) is 21.4. The third-order valence-corrected chi connectivity index (χ3v) is 5.54. The fraction of sp³-hybridized carbons (Fsp3) is 0.115. The molecule has 4 aromatic rings. The van der Waals surface area contributed by atoms with E-state index in [-0.39, 0.29) is 22.8 Å². The van der Waals surface area contributed by atoms with E-state index < -0.39 is 0 Å². The van der Waals surface area contributed by atoms with E-state index in [4.69, 9.17) is 16.3 Å². The second kappa shape index (κ2) is 9.30. The number of carbonyl (C=O) groups excluding carboxylic acids is 1. The highest BCUT2D eigenvalue weighted by molar-refractivity contribution is 6.30. The summed E-state index contributed by atoms with van der Waals surface area (Å²) < 4.78 is 6.79. The number of aryl methyl sites for hydroxylation is 2. The molecule has 1 aromatic heterocycles. The maximum absolute atomic E-state index is 13.3. The van der Waals surface area contributed by atoms with Gasteiger partial charge in [-0.05, 0) is 61.4 Å². The first-order valence-electron chi connectivity index (χ1n) is 10.3. The smallest absolute Gasteiger partial charge is 0.257 e. The molecule has 0 atom stereocenters. The lowest BCUT2D eigenvalue weighted by Crippen LogP contribution is -2.25. The van der Waals surface area contributed by atoms with Gasteiger partial charge in [0.05, 0.1) is 18.4 Å². The number of hydrogen-bond acceptors (Lipinski definition) is 4. The van der Waals surface area contributed by atoms with Crippen molar-refractivity contribution in [2.75, 3.05) is 12.4 Å². The maximum Gasteiger partial charge on any atom is 0.257 e. The number of nitrogens with zero attached hydrogens (tertiary/aromatic N) is 2. The molecule has 0 radical (unpaired) electrons. The second-order valence-electron chi connectivity index (χ2n) is 7.53. The van der Waals surface area contributed by atoms with Crippen molar-refractivity contribution in [2.45, 2.75) is 13.8 Å². The Hall–Kier alpha value is -3.90. The molecule has 0 spiro atoms. The van der Waals surface area contributed by atoms with Gasteiger partial charge >= 0.3 is 0 Å². The largest absolute Gasteiger partial charge is 0.497 e. The molecule has 166 valence electrons. The Morgan fingerprint density at radius 2 is 1.73 bits per heavy atom. The van der Waals surface area contributed by atoms with Crippen molar-refractivity contribution in [1.29, 1.82) is 0 Å². The van der Waals surface area contributed by atoms with Gasteiger partial charge in [0.15, 0.2) is 0 Å². The predicted octanol–water partition coefficient (Wildman–Crippen LogP) is 5.43. The number of nitrogens with one attached hydrogen (secondary N) is 1. The molecular weight excluding hydrogens is 438 g/mol. The Labute approximate surface area is 196 Å². The van der Waals surface area contributed by atoms with Gasteiger partial charge in [0.1, 0.15) is 17.3 Å². The molecule has 0 fully saturated rings. The van der Waals surface area contributed by atoms with Gasteiger partial charge in [0, 0.05) is 10.6 Å². The number of methoxy groups -OCH3 is 1. The summed E-state index contributed by atoms with van der Waals surface area (Å²) in [6.45, 7) is 3.50. The van der Waals surface area contributed by atoms with Crippen LogP contribution in [0.2, 0.25) is 5.02 Å². The van der Waals surface area contributed by atoms with Crippen LogP contribution in [0.15, 0.2) is 77.6 Å². The lowest BCUT2D eigenvalue weighted by atomic mass is 10.0. The quantitative estimate of drug-likeness (QED) is 0.432. The van der Waals surface area contributed by atoms with E-state index in [1.807, 2.05) is 25.1 Å². The Balaban J connectivity index is 1.97. The van der Waals surface area contributed by atoms with Crippen LogP contribution in [0.25, 0.3) is 16.8 Å². The van der Waals surface area contributed by atoms with Gasteiger partial charge in [-0.15, -0.1) is 0 Å². The van der Waals surface area contributed by atoms with Crippen LogP contribution in [-0.4, -0.2) is 22.8 Å². The van der Waals surface area contributed by atoms with Crippen LogP contribution in [0.3, 0.4) is 0 Å². The van der Waals surface area contributed by atoms with Crippen LogP contribution in [-0.2, 0) is 0 Å². The number of rotatable bonds is 5. The number of amides is 1. The zero-order chi connectivity index (χ0) is 23.5. The molecule has 0 aliphatic rings. The van der Waals surface area contributed by atoms with Crippen molar-refractivity contribution < 1.29 is 9.53 Å². The van der Waals surface area contributed by atoms with Crippen molar-refractivity contribution in [2.24, 2.45) is 0 Å². The summed E-state index contributed by atoms with van der Waals surface area (Å²) in [6.07, 6.45) is 0. The Morgan fingerprint density at radius 1 is 1.00 bits per heavy atom. The van der Waals surface area contributed by atoms with Gasteiger partial charge in [-0.25, -0.2) is 4.68 Å². The molecule has 0 aliphatic carbocycles. The normalized spacial score (nSPS) is 10.7. The molecular formula is C26H22ClN3O3. The number of aromatic nitrogens is 2. The summed E-state index contributed by atoms with van der Waals surface area (Å²) in [5.41, 5.74) is 2.89. The zero-order valence-electron chi connectivity index (χ0n) is 18.4. The number of halogens is 1. The maximum atomic E-state index is 13.3. The fourth-order valence-corrected chi connectivity index (χ4v) is 3.76. The minimum atomic E-state index is -0.344. The highest BCUT2D eigenvalue weighted by Gasteiger charge is 2.21. The third-order valence-electron chi connectivity index (χ3n) is 5.31. The van der Waals surface area contributed by atoms with Gasteiger partial charge < -0.3 is 10.1 Å². The number of carbonyl (C=O) groups is 1. The second-order valence-corrected chi connectivity index (χ2v) is 7.96. The Kier molecular flexibility index (Phi) is 6.29. The van der Waals surface area contributed by atoms with Gasteiger partial charge in [0.25, 0.3) is 5.91 Å². The average molecular weight is 460 g/mol. The van der Waals surface area contributed by atoms with E-state index in [9.17, 15) is 9.59 Å². The Bertz CT molecular complexity index is 1400. The molecule has 6 nitrogen and oxygen atoms in total. The lowest BCUT2D eigenvalue weighted by Gasteiger charge is -2.19. The minimum Gasteiger partial charge on any atom is -0.497 e. The molecule has 3 aromatic carbocycles. The van der Waals surface area contributed by atoms with Crippen molar-refractivity contribution in [3.05, 3.63) is 105 Å². The van der Waals surface area contributed by atoms with E-state index in [0.717, 1.165) is 5.56 Å². The number of hydrogen-bond donors (Lipinski definition) is 1. The first kappa shape index (κ1) is 22.3. The average Bonchev–Trinajstić information content (AvgIpc) is 2.82. The summed E-state index contributed by atoms with van der Waals surface area (Å²) in [7, 11) is 1.57. The zero-order valence-corrected chi connectivity index (χ0v) is 19.2. The standard InChI is InChI=1S/C26H22ClN3O3/c1-16-7-4-5-10-22(16)26(32)28-25-23(18-11-13-21(33-3)14-12-18)24(31)17(2)29-30(25)20-9-6-8-19(27)15-20/h4-15H,1-3H3,(H,28,32). The molecule has 1 heterocycles. The summed E-state index contributed by atoms with van der Waals surface area (Å²) in [4.78, 5) is 26.6. The van der Waals surface area contributed by atoms with Gasteiger partial charge in [-0.2, -0.15) is 5.10 Å². The third kappa shape index (κ3) is 4.52. The van der Waals surface area contributed by atoms with Crippen molar-refractivity contribution >= 4 is 23.3 Å². The number of ether oxygens (including phenoxy) is 1. The molecule has 0 saturated carbocycles. The van der Waals surface area contributed by atoms with Gasteiger partial charge in [-0.1, -0.05) is 48.0 Å². The molecule has 0 saturated heterocycles. The first-order valence-corrected chi connectivity index (χ1v) is 10.7. The van der Waals surface area contributed by atoms with Crippen LogP contribution in [0.4, 0.5) is 5.82 Å². The van der Waals surface area contributed by atoms with E-state index in [2.05, 4.69) is 10.4 Å². The molecule has 33 heavy (non-hydrogen) atoms.